The lowest BCUT2D eigenvalue weighted by atomic mass is 10.1. The van der Waals surface area contributed by atoms with E-state index in [9.17, 15) is 0 Å². The molecule has 2 aromatic rings. The van der Waals surface area contributed by atoms with Gasteiger partial charge in [-0.1, -0.05) is 29.8 Å². The smallest absolute Gasteiger partial charge is 0.194 e. The number of nitrogens with one attached hydrogen (secondary N) is 1. The molecule has 0 fully saturated rings. The Hall–Kier alpha value is -1.61. The SMILES string of the molecule is CCNC(=NCC(c1cnn(C)c1)N(C)C)N(C)Cc1ccc(C)cc1.I. The zero-order valence-corrected chi connectivity index (χ0v) is 19.6. The predicted molar refractivity (Wildman–Crippen MR) is 124 cm³/mol. The van der Waals surface area contributed by atoms with Crippen molar-refractivity contribution in [1.29, 1.82) is 0 Å². The van der Waals surface area contributed by atoms with Crippen LogP contribution in [-0.4, -0.2) is 59.8 Å². The van der Waals surface area contributed by atoms with E-state index in [1.54, 1.807) is 0 Å². The van der Waals surface area contributed by atoms with Crippen LogP contribution in [0.3, 0.4) is 0 Å². The molecule has 0 aliphatic carbocycles. The molecule has 2 rings (SSSR count). The molecule has 0 bridgehead atoms. The van der Waals surface area contributed by atoms with Crippen molar-refractivity contribution >= 4 is 29.9 Å². The number of benzene rings is 1. The van der Waals surface area contributed by atoms with Crippen LogP contribution in [-0.2, 0) is 13.6 Å². The Morgan fingerprint density at radius 1 is 1.22 bits per heavy atom. The molecule has 0 aliphatic rings. The molecular formula is C20H33IN6. The molecule has 1 heterocycles. The summed E-state index contributed by atoms with van der Waals surface area (Å²) in [4.78, 5) is 9.24. The number of guanidine groups is 1. The number of aliphatic imine (C=N–C) groups is 1. The summed E-state index contributed by atoms with van der Waals surface area (Å²) in [6, 6.07) is 8.85. The number of rotatable bonds is 7. The summed E-state index contributed by atoms with van der Waals surface area (Å²) < 4.78 is 1.84. The number of likely N-dealkylation sites (N-methyl/N-ethyl adjacent to an activating group) is 1. The molecule has 0 radical (unpaired) electrons. The fourth-order valence-electron chi connectivity index (χ4n) is 2.86. The molecule has 1 N–H and O–H groups in total. The van der Waals surface area contributed by atoms with Gasteiger partial charge in [-0.05, 0) is 33.5 Å². The second-order valence-electron chi connectivity index (χ2n) is 6.96. The van der Waals surface area contributed by atoms with Gasteiger partial charge in [0.15, 0.2) is 5.96 Å². The molecule has 1 atom stereocenters. The number of hydrogen-bond donors (Lipinski definition) is 1. The van der Waals surface area contributed by atoms with E-state index in [-0.39, 0.29) is 30.0 Å². The van der Waals surface area contributed by atoms with Gasteiger partial charge in [0.2, 0.25) is 0 Å². The summed E-state index contributed by atoms with van der Waals surface area (Å²) in [5.74, 6) is 0.920. The topological polar surface area (TPSA) is 48.7 Å². The van der Waals surface area contributed by atoms with Gasteiger partial charge in [-0.3, -0.25) is 9.67 Å². The number of aromatic nitrogens is 2. The summed E-state index contributed by atoms with van der Waals surface area (Å²) in [6.07, 6.45) is 3.98. The summed E-state index contributed by atoms with van der Waals surface area (Å²) in [5.41, 5.74) is 3.74. The Kier molecular flexibility index (Phi) is 9.79. The Bertz CT molecular complexity index is 708. The molecule has 1 aromatic carbocycles. The second-order valence-corrected chi connectivity index (χ2v) is 6.96. The Balaban J connectivity index is 0.00000364. The van der Waals surface area contributed by atoms with Gasteiger partial charge in [0.1, 0.15) is 0 Å². The average molecular weight is 484 g/mol. The molecular weight excluding hydrogens is 451 g/mol. The summed E-state index contributed by atoms with van der Waals surface area (Å²) >= 11 is 0. The molecule has 0 amide bonds. The normalized spacial score (nSPS) is 12.6. The van der Waals surface area contributed by atoms with Gasteiger partial charge >= 0.3 is 0 Å². The lowest BCUT2D eigenvalue weighted by Crippen LogP contribution is -2.39. The van der Waals surface area contributed by atoms with E-state index in [0.29, 0.717) is 6.54 Å². The number of aryl methyl sites for hydroxylation is 2. The first-order valence-electron chi connectivity index (χ1n) is 9.10. The third kappa shape index (κ3) is 7.14. The van der Waals surface area contributed by atoms with E-state index in [4.69, 9.17) is 4.99 Å². The van der Waals surface area contributed by atoms with Crippen molar-refractivity contribution < 1.29 is 0 Å². The van der Waals surface area contributed by atoms with Crippen molar-refractivity contribution in [1.82, 2.24) is 24.9 Å². The van der Waals surface area contributed by atoms with E-state index < -0.39 is 0 Å². The fourth-order valence-corrected chi connectivity index (χ4v) is 2.86. The van der Waals surface area contributed by atoms with Gasteiger partial charge in [0.05, 0.1) is 18.8 Å². The highest BCUT2D eigenvalue weighted by Gasteiger charge is 2.16. The number of halogens is 1. The largest absolute Gasteiger partial charge is 0.357 e. The lowest BCUT2D eigenvalue weighted by Gasteiger charge is -2.25. The molecule has 150 valence electrons. The quantitative estimate of drug-likeness (QED) is 0.373. The zero-order valence-electron chi connectivity index (χ0n) is 17.3. The minimum atomic E-state index is 0. The van der Waals surface area contributed by atoms with Gasteiger partial charge < -0.3 is 15.1 Å². The van der Waals surface area contributed by atoms with Crippen LogP contribution in [0.15, 0.2) is 41.7 Å². The van der Waals surface area contributed by atoms with E-state index in [0.717, 1.165) is 19.0 Å². The van der Waals surface area contributed by atoms with Crippen molar-refractivity contribution in [3.8, 4) is 0 Å². The summed E-state index contributed by atoms with van der Waals surface area (Å²) in [7, 11) is 8.18. The molecule has 0 saturated carbocycles. The number of nitrogens with zero attached hydrogens (tertiary/aromatic N) is 5. The molecule has 7 heteroatoms. The van der Waals surface area contributed by atoms with Crippen LogP contribution >= 0.6 is 24.0 Å². The van der Waals surface area contributed by atoms with Crippen molar-refractivity contribution in [3.63, 3.8) is 0 Å². The van der Waals surface area contributed by atoms with Gasteiger partial charge in [-0.15, -0.1) is 24.0 Å². The summed E-state index contributed by atoms with van der Waals surface area (Å²) in [6.45, 7) is 6.56. The first-order valence-corrected chi connectivity index (χ1v) is 9.10. The fraction of sp³-hybridized carbons (Fsp3) is 0.500. The molecule has 1 aromatic heterocycles. The molecule has 0 saturated heterocycles. The highest BCUT2D eigenvalue weighted by atomic mass is 127. The van der Waals surface area contributed by atoms with E-state index in [1.807, 2.05) is 17.9 Å². The van der Waals surface area contributed by atoms with Crippen LogP contribution in [0.1, 0.15) is 29.7 Å². The van der Waals surface area contributed by atoms with Crippen molar-refractivity contribution in [3.05, 3.63) is 53.3 Å². The highest BCUT2D eigenvalue weighted by Crippen LogP contribution is 2.18. The molecule has 1 unspecified atom stereocenters. The third-order valence-electron chi connectivity index (χ3n) is 4.38. The van der Waals surface area contributed by atoms with Crippen LogP contribution in [0.5, 0.6) is 0 Å². The first kappa shape index (κ1) is 23.4. The number of hydrogen-bond acceptors (Lipinski definition) is 3. The van der Waals surface area contributed by atoms with Gasteiger partial charge in [0.25, 0.3) is 0 Å². The standard InChI is InChI=1S/C20H32N6.HI/c1-7-21-20(25(5)14-17-10-8-16(2)9-11-17)22-13-19(24(3)4)18-12-23-26(6)15-18;/h8-12,15,19H,7,13-14H2,1-6H3,(H,21,22);1H. The average Bonchev–Trinajstić information content (AvgIpc) is 3.02. The summed E-state index contributed by atoms with van der Waals surface area (Å²) in [5, 5.41) is 7.70. The maximum absolute atomic E-state index is 4.89. The minimum absolute atomic E-state index is 0. The second kappa shape index (κ2) is 11.3. The molecule has 0 spiro atoms. The van der Waals surface area contributed by atoms with Crippen molar-refractivity contribution in [2.24, 2.45) is 12.0 Å². The minimum Gasteiger partial charge on any atom is -0.357 e. The van der Waals surface area contributed by atoms with E-state index in [1.165, 1.54) is 16.7 Å². The van der Waals surface area contributed by atoms with Crippen LogP contribution in [0.2, 0.25) is 0 Å². The van der Waals surface area contributed by atoms with E-state index in [2.05, 4.69) is 85.7 Å². The van der Waals surface area contributed by atoms with E-state index >= 15 is 0 Å². The lowest BCUT2D eigenvalue weighted by molar-refractivity contribution is 0.305. The van der Waals surface area contributed by atoms with Crippen LogP contribution in [0.4, 0.5) is 0 Å². The van der Waals surface area contributed by atoms with Gasteiger partial charge in [-0.25, -0.2) is 0 Å². The van der Waals surface area contributed by atoms with Gasteiger partial charge in [-0.2, -0.15) is 5.10 Å². The highest BCUT2D eigenvalue weighted by molar-refractivity contribution is 14.0. The van der Waals surface area contributed by atoms with Crippen molar-refractivity contribution in [2.45, 2.75) is 26.4 Å². The Morgan fingerprint density at radius 2 is 1.89 bits per heavy atom. The zero-order chi connectivity index (χ0) is 19.1. The maximum atomic E-state index is 4.89. The molecule has 27 heavy (non-hydrogen) atoms. The van der Waals surface area contributed by atoms with Crippen LogP contribution in [0.25, 0.3) is 0 Å². The van der Waals surface area contributed by atoms with Gasteiger partial charge in [0, 0.05) is 38.9 Å². The monoisotopic (exact) mass is 484 g/mol. The third-order valence-corrected chi connectivity index (χ3v) is 4.38. The predicted octanol–water partition coefficient (Wildman–Crippen LogP) is 3.05. The van der Waals surface area contributed by atoms with Crippen LogP contribution in [0, 0.1) is 6.92 Å². The Morgan fingerprint density at radius 3 is 2.41 bits per heavy atom. The molecule has 0 aliphatic heterocycles. The first-order chi connectivity index (χ1) is 12.4. The molecule has 6 nitrogen and oxygen atoms in total. The van der Waals surface area contributed by atoms with Crippen molar-refractivity contribution in [2.75, 3.05) is 34.2 Å². The maximum Gasteiger partial charge on any atom is 0.194 e. The Labute approximate surface area is 180 Å². The van der Waals surface area contributed by atoms with Crippen LogP contribution < -0.4 is 5.32 Å².